The van der Waals surface area contributed by atoms with Gasteiger partial charge in [0.25, 0.3) is 0 Å². The van der Waals surface area contributed by atoms with E-state index in [4.69, 9.17) is 25.4 Å². The van der Waals surface area contributed by atoms with E-state index in [1.54, 1.807) is 0 Å². The number of amides is 1. The average molecular weight is 496 g/mol. The van der Waals surface area contributed by atoms with E-state index in [9.17, 15) is 9.00 Å². The van der Waals surface area contributed by atoms with Crippen molar-refractivity contribution in [3.05, 3.63) is 35.0 Å². The molecule has 2 aliphatic heterocycles. The van der Waals surface area contributed by atoms with Crippen LogP contribution in [0.25, 0.3) is 5.57 Å². The largest absolute Gasteiger partial charge is 0.447 e. The van der Waals surface area contributed by atoms with Gasteiger partial charge in [-0.25, -0.2) is 19.7 Å². The molecule has 1 saturated heterocycles. The summed E-state index contributed by atoms with van der Waals surface area (Å²) in [5.41, 5.74) is 9.05. The predicted octanol–water partition coefficient (Wildman–Crippen LogP) is 1.85. The van der Waals surface area contributed by atoms with Crippen LogP contribution in [0.5, 0.6) is 0 Å². The van der Waals surface area contributed by atoms with Crippen molar-refractivity contribution in [2.45, 2.75) is 50.0 Å². The maximum absolute atomic E-state index is 12.7. The molecule has 1 amide bonds. The molecule has 4 aliphatic rings. The Hall–Kier alpha value is -3.08. The lowest BCUT2D eigenvalue weighted by Crippen LogP contribution is -2.39. The first-order valence-electron chi connectivity index (χ1n) is 12.1. The maximum atomic E-state index is 12.7. The van der Waals surface area contributed by atoms with E-state index in [0.29, 0.717) is 40.7 Å². The monoisotopic (exact) mass is 495 g/mol. The van der Waals surface area contributed by atoms with E-state index in [1.165, 1.54) is 16.8 Å². The first-order valence-corrected chi connectivity index (χ1v) is 13.4. The summed E-state index contributed by atoms with van der Waals surface area (Å²) in [6, 6.07) is 0. The number of aryl methyl sites for hydroxylation is 3. The number of carbonyl (C=O) groups is 1. The quantitative estimate of drug-likeness (QED) is 0.615. The van der Waals surface area contributed by atoms with E-state index in [1.807, 2.05) is 20.0 Å². The van der Waals surface area contributed by atoms with E-state index < -0.39 is 22.4 Å². The standard InChI is InChI=1S/C24H29N7O3S/c1-24(2,12-34-22(25)32)30-21-19-18(5-6-35(19)33)28-23(29-21)31-10-15-7-14(8-16(15)11-31)20-26-9-13-3-4-17(13)27-20/h7,9,15-16H,3-6,8,10-12H2,1-2H3,(H2,25,32)(H,28,29,30). The molecule has 0 bridgehead atoms. The van der Waals surface area contributed by atoms with Crippen LogP contribution in [0.1, 0.15) is 43.0 Å². The molecule has 10 nitrogen and oxygen atoms in total. The Morgan fingerprint density at radius 2 is 2.09 bits per heavy atom. The lowest BCUT2D eigenvalue weighted by atomic mass is 9.95. The summed E-state index contributed by atoms with van der Waals surface area (Å²) in [5, 5.41) is 3.33. The molecule has 6 rings (SSSR count). The molecule has 4 heterocycles. The molecule has 1 fully saturated rings. The van der Waals surface area contributed by atoms with Crippen molar-refractivity contribution < 1.29 is 13.7 Å². The van der Waals surface area contributed by atoms with Crippen LogP contribution >= 0.6 is 0 Å². The number of ether oxygens (including phenoxy) is 1. The molecule has 184 valence electrons. The number of nitrogens with one attached hydrogen (secondary N) is 1. The molecule has 2 aliphatic carbocycles. The Morgan fingerprint density at radius 1 is 1.23 bits per heavy atom. The Balaban J connectivity index is 1.23. The zero-order chi connectivity index (χ0) is 24.3. The van der Waals surface area contributed by atoms with Crippen molar-refractivity contribution in [3.8, 4) is 0 Å². The number of hydrogen-bond acceptors (Lipinski definition) is 9. The number of hydrogen-bond donors (Lipinski definition) is 2. The fraction of sp³-hybridized carbons (Fsp3) is 0.542. The smallest absolute Gasteiger partial charge is 0.404 e. The summed E-state index contributed by atoms with van der Waals surface area (Å²) in [4.78, 5) is 33.0. The minimum atomic E-state index is -1.16. The van der Waals surface area contributed by atoms with Crippen molar-refractivity contribution in [2.24, 2.45) is 17.6 Å². The molecule has 0 aromatic carbocycles. The highest BCUT2D eigenvalue weighted by Crippen LogP contribution is 2.42. The van der Waals surface area contributed by atoms with Gasteiger partial charge in [-0.1, -0.05) is 6.08 Å². The second-order valence-corrected chi connectivity index (χ2v) is 12.0. The van der Waals surface area contributed by atoms with Gasteiger partial charge in [0.1, 0.15) is 17.3 Å². The summed E-state index contributed by atoms with van der Waals surface area (Å²) in [5.74, 6) is 3.50. The molecule has 0 radical (unpaired) electrons. The molecule has 0 saturated carbocycles. The van der Waals surface area contributed by atoms with Gasteiger partial charge < -0.3 is 20.7 Å². The normalized spacial score (nSPS) is 24.3. The van der Waals surface area contributed by atoms with Gasteiger partial charge >= 0.3 is 6.09 Å². The highest BCUT2D eigenvalue weighted by Gasteiger charge is 2.39. The highest BCUT2D eigenvalue weighted by molar-refractivity contribution is 7.85. The van der Waals surface area contributed by atoms with Crippen molar-refractivity contribution in [2.75, 3.05) is 35.7 Å². The van der Waals surface area contributed by atoms with Gasteiger partial charge in [-0.2, -0.15) is 4.98 Å². The molecule has 2 aromatic rings. The number of rotatable bonds is 6. The van der Waals surface area contributed by atoms with Gasteiger partial charge in [-0.05, 0) is 56.1 Å². The van der Waals surface area contributed by atoms with Crippen LogP contribution in [0.3, 0.4) is 0 Å². The van der Waals surface area contributed by atoms with Crippen LogP contribution in [0.15, 0.2) is 17.2 Å². The number of aromatic nitrogens is 4. The molecule has 2 aromatic heterocycles. The molecule has 3 unspecified atom stereocenters. The molecule has 11 heteroatoms. The minimum Gasteiger partial charge on any atom is -0.447 e. The first-order chi connectivity index (χ1) is 16.8. The van der Waals surface area contributed by atoms with E-state index in [-0.39, 0.29) is 6.61 Å². The third-order valence-electron chi connectivity index (χ3n) is 7.25. The van der Waals surface area contributed by atoms with Gasteiger partial charge in [0.2, 0.25) is 5.95 Å². The van der Waals surface area contributed by atoms with Gasteiger partial charge in [-0.3, -0.25) is 4.21 Å². The van der Waals surface area contributed by atoms with Crippen LogP contribution in [0.4, 0.5) is 16.6 Å². The Morgan fingerprint density at radius 3 is 2.80 bits per heavy atom. The summed E-state index contributed by atoms with van der Waals surface area (Å²) in [6.07, 6.45) is 7.24. The SMILES string of the molecule is CC(C)(COC(N)=O)Nc1nc(N2CC3C=C(c4ncc5c(n4)CC5)CC3C2)nc2c1S(=O)CC2. The summed E-state index contributed by atoms with van der Waals surface area (Å²) < 4.78 is 17.7. The number of allylic oxidation sites excluding steroid dienone is 1. The Kier molecular flexibility index (Phi) is 5.28. The lowest BCUT2D eigenvalue weighted by molar-refractivity contribution is 0.138. The Labute approximate surface area is 206 Å². The van der Waals surface area contributed by atoms with Crippen molar-refractivity contribution in [3.63, 3.8) is 0 Å². The average Bonchev–Trinajstić information content (AvgIpc) is 3.46. The van der Waals surface area contributed by atoms with Crippen LogP contribution in [0.2, 0.25) is 0 Å². The predicted molar refractivity (Wildman–Crippen MR) is 131 cm³/mol. The minimum absolute atomic E-state index is 0.0648. The van der Waals surface area contributed by atoms with Crippen molar-refractivity contribution in [1.82, 2.24) is 19.9 Å². The van der Waals surface area contributed by atoms with Gasteiger partial charge in [0, 0.05) is 37.2 Å². The number of fused-ring (bicyclic) bond motifs is 3. The van der Waals surface area contributed by atoms with Crippen LogP contribution in [-0.2, 0) is 34.8 Å². The van der Waals surface area contributed by atoms with Gasteiger partial charge in [0.05, 0.1) is 22.0 Å². The van der Waals surface area contributed by atoms with Crippen LogP contribution < -0.4 is 16.0 Å². The van der Waals surface area contributed by atoms with Crippen molar-refractivity contribution in [1.29, 1.82) is 0 Å². The number of nitrogens with zero attached hydrogens (tertiary/aromatic N) is 5. The van der Waals surface area contributed by atoms with Gasteiger partial charge in [0.15, 0.2) is 5.82 Å². The fourth-order valence-electron chi connectivity index (χ4n) is 5.36. The summed E-state index contributed by atoms with van der Waals surface area (Å²) >= 11 is 0. The van der Waals surface area contributed by atoms with Gasteiger partial charge in [-0.15, -0.1) is 0 Å². The van der Waals surface area contributed by atoms with Crippen LogP contribution in [-0.4, -0.2) is 61.2 Å². The number of nitrogens with two attached hydrogens (primary N) is 1. The van der Waals surface area contributed by atoms with E-state index in [2.05, 4.69) is 21.3 Å². The molecular formula is C24H29N7O3S. The number of anilines is 2. The molecule has 3 atom stereocenters. The van der Waals surface area contributed by atoms with E-state index >= 15 is 0 Å². The topological polar surface area (TPSA) is 136 Å². The zero-order valence-corrected chi connectivity index (χ0v) is 20.7. The highest BCUT2D eigenvalue weighted by atomic mass is 32.2. The third kappa shape index (κ3) is 4.15. The molecule has 35 heavy (non-hydrogen) atoms. The second kappa shape index (κ2) is 8.25. The first kappa shape index (κ1) is 22.4. The maximum Gasteiger partial charge on any atom is 0.404 e. The lowest BCUT2D eigenvalue weighted by Gasteiger charge is -2.28. The number of carbonyl (C=O) groups excluding carboxylic acids is 1. The molecule has 0 spiro atoms. The fourth-order valence-corrected chi connectivity index (χ4v) is 6.66. The number of primary amides is 1. The summed E-state index contributed by atoms with van der Waals surface area (Å²) in [6.45, 7) is 5.51. The molecule has 3 N–H and O–H groups in total. The van der Waals surface area contributed by atoms with Crippen molar-refractivity contribution >= 4 is 34.2 Å². The molecular weight excluding hydrogens is 466 g/mol. The van der Waals surface area contributed by atoms with E-state index in [0.717, 1.165) is 43.9 Å². The second-order valence-electron chi connectivity index (χ2n) is 10.5. The zero-order valence-electron chi connectivity index (χ0n) is 19.9. The van der Waals surface area contributed by atoms with Crippen LogP contribution in [0, 0.1) is 11.8 Å². The third-order valence-corrected chi connectivity index (χ3v) is 8.71. The Bertz CT molecular complexity index is 1280. The summed E-state index contributed by atoms with van der Waals surface area (Å²) in [7, 11) is -1.16.